The Hall–Kier alpha value is -2.60. The van der Waals surface area contributed by atoms with Crippen molar-refractivity contribution in [3.63, 3.8) is 0 Å². The van der Waals surface area contributed by atoms with Crippen LogP contribution in [0.2, 0.25) is 0 Å². The highest BCUT2D eigenvalue weighted by Gasteiger charge is 2.35. The molecule has 3 aromatic carbocycles. The summed E-state index contributed by atoms with van der Waals surface area (Å²) in [6.45, 7) is 2.27. The summed E-state index contributed by atoms with van der Waals surface area (Å²) < 4.78 is 0. The zero-order valence-corrected chi connectivity index (χ0v) is 14.3. The summed E-state index contributed by atoms with van der Waals surface area (Å²) in [6, 6.07) is 22.7. The molecule has 25 heavy (non-hydrogen) atoms. The van der Waals surface area contributed by atoms with Gasteiger partial charge in [0.25, 0.3) is 0 Å². The van der Waals surface area contributed by atoms with Gasteiger partial charge in [-0.2, -0.15) is 0 Å². The predicted octanol–water partition coefficient (Wildman–Crippen LogP) is 6.13. The van der Waals surface area contributed by atoms with Gasteiger partial charge in [0.15, 0.2) is 0 Å². The van der Waals surface area contributed by atoms with Gasteiger partial charge in [-0.25, -0.2) is 0 Å². The van der Waals surface area contributed by atoms with E-state index in [0.29, 0.717) is 5.92 Å². The van der Waals surface area contributed by atoms with Crippen LogP contribution in [-0.2, 0) is 6.42 Å². The summed E-state index contributed by atoms with van der Waals surface area (Å²) in [4.78, 5) is 0. The highest BCUT2D eigenvalue weighted by atomic mass is 14.4. The van der Waals surface area contributed by atoms with E-state index in [-0.39, 0.29) is 0 Å². The molecule has 0 bridgehead atoms. The second-order valence-corrected chi connectivity index (χ2v) is 7.51. The van der Waals surface area contributed by atoms with E-state index in [9.17, 15) is 0 Å². The van der Waals surface area contributed by atoms with Crippen LogP contribution in [0.25, 0.3) is 16.7 Å². The lowest BCUT2D eigenvalue weighted by molar-refractivity contribution is 0.956. The molecule has 0 nitrogen and oxygen atoms in total. The van der Waals surface area contributed by atoms with E-state index in [1.54, 1.807) is 16.7 Å². The third-order valence-electron chi connectivity index (χ3n) is 6.30. The molecule has 0 saturated heterocycles. The average Bonchev–Trinajstić information content (AvgIpc) is 3.31. The first-order chi connectivity index (χ1) is 12.3. The van der Waals surface area contributed by atoms with E-state index in [0.717, 1.165) is 0 Å². The second kappa shape index (κ2) is 4.73. The lowest BCUT2D eigenvalue weighted by Crippen LogP contribution is -2.04. The number of rotatable bonds is 1. The van der Waals surface area contributed by atoms with Crippen LogP contribution >= 0.6 is 0 Å². The molecule has 0 heterocycles. The zero-order chi connectivity index (χ0) is 16.5. The smallest absolute Gasteiger partial charge is 0.0355 e. The van der Waals surface area contributed by atoms with Crippen LogP contribution in [0.1, 0.15) is 52.6 Å². The van der Waals surface area contributed by atoms with E-state index in [1.165, 1.54) is 51.8 Å². The van der Waals surface area contributed by atoms with Crippen LogP contribution in [0.5, 0.6) is 0 Å². The number of fused-ring (bicyclic) bond motifs is 3. The topological polar surface area (TPSA) is 0 Å². The van der Waals surface area contributed by atoms with E-state index in [1.807, 2.05) is 0 Å². The Bertz CT molecular complexity index is 1040. The minimum absolute atomic E-state index is 0.382. The maximum Gasteiger partial charge on any atom is 0.0355 e. The van der Waals surface area contributed by atoms with Gasteiger partial charge < -0.3 is 0 Å². The second-order valence-electron chi connectivity index (χ2n) is 7.51. The van der Waals surface area contributed by atoms with Crippen LogP contribution < -0.4 is 0 Å². The van der Waals surface area contributed by atoms with E-state index in [4.69, 9.17) is 0 Å². The van der Waals surface area contributed by atoms with Crippen LogP contribution in [0.4, 0.5) is 0 Å². The first-order valence-electron chi connectivity index (χ1n) is 9.22. The van der Waals surface area contributed by atoms with Crippen molar-refractivity contribution in [3.8, 4) is 11.1 Å². The molecular formula is C25H19. The Balaban J connectivity index is 1.65. The number of allylic oxidation sites excluding steroid dienone is 2. The molecule has 0 N–H and O–H groups in total. The Morgan fingerprint density at radius 1 is 0.720 bits per heavy atom. The summed E-state index contributed by atoms with van der Waals surface area (Å²) in [5.74, 6) is 0.382. The predicted molar refractivity (Wildman–Crippen MR) is 104 cm³/mol. The third kappa shape index (κ3) is 1.67. The molecule has 0 unspecified atom stereocenters. The van der Waals surface area contributed by atoms with E-state index >= 15 is 0 Å². The van der Waals surface area contributed by atoms with Crippen molar-refractivity contribution >= 4 is 5.57 Å². The van der Waals surface area contributed by atoms with Gasteiger partial charge in [-0.3, -0.25) is 0 Å². The van der Waals surface area contributed by atoms with E-state index < -0.39 is 0 Å². The molecule has 0 fully saturated rings. The highest BCUT2D eigenvalue weighted by molar-refractivity contribution is 5.87. The molecule has 1 radical (unpaired) electrons. The minimum atomic E-state index is 0.382. The van der Waals surface area contributed by atoms with Gasteiger partial charge in [-0.05, 0) is 69.8 Å². The SMILES string of the molecule is CC1=C2CCc3c(C4c5ccccc5-c5ccccc54)ccc(c32)[CH]1. The van der Waals surface area contributed by atoms with Crippen molar-refractivity contribution in [2.45, 2.75) is 25.7 Å². The first-order valence-corrected chi connectivity index (χ1v) is 9.22. The van der Waals surface area contributed by atoms with Gasteiger partial charge in [0.2, 0.25) is 0 Å². The Morgan fingerprint density at radius 2 is 1.40 bits per heavy atom. The monoisotopic (exact) mass is 319 g/mol. The first kappa shape index (κ1) is 13.7. The fourth-order valence-corrected chi connectivity index (χ4v) is 5.28. The van der Waals surface area contributed by atoms with Crippen molar-refractivity contribution in [2.24, 2.45) is 0 Å². The summed E-state index contributed by atoms with van der Waals surface area (Å²) in [6.07, 6.45) is 4.77. The fourth-order valence-electron chi connectivity index (χ4n) is 5.28. The molecule has 0 saturated carbocycles. The molecule has 0 heteroatoms. The quantitative estimate of drug-likeness (QED) is 0.396. The standard InChI is InChI=1S/C25H19/c1-15-14-16-10-11-23(22-13-12-17(15)24(16)22)25-20-8-4-2-6-18(20)19-7-3-5-9-21(19)25/h2-11,14,25H,12-13H2,1H3. The van der Waals surface area contributed by atoms with Crippen molar-refractivity contribution in [3.05, 3.63) is 106 Å². The van der Waals surface area contributed by atoms with Crippen molar-refractivity contribution < 1.29 is 0 Å². The van der Waals surface area contributed by atoms with Gasteiger partial charge in [-0.1, -0.05) is 66.2 Å². The van der Waals surface area contributed by atoms with Crippen LogP contribution in [0.3, 0.4) is 0 Å². The van der Waals surface area contributed by atoms with Crippen LogP contribution in [-0.4, -0.2) is 0 Å². The molecule has 3 aliphatic carbocycles. The Kier molecular flexibility index (Phi) is 2.58. The summed E-state index contributed by atoms with van der Waals surface area (Å²) in [5, 5.41) is 0. The van der Waals surface area contributed by atoms with Crippen molar-refractivity contribution in [2.75, 3.05) is 0 Å². The lowest BCUT2D eigenvalue weighted by atomic mass is 9.84. The largest absolute Gasteiger partial charge is 0.0619 e. The van der Waals surface area contributed by atoms with Gasteiger partial charge in [-0.15, -0.1) is 0 Å². The third-order valence-corrected chi connectivity index (χ3v) is 6.30. The molecular weight excluding hydrogens is 300 g/mol. The summed E-state index contributed by atoms with van der Waals surface area (Å²) in [7, 11) is 0. The molecule has 0 amide bonds. The Labute approximate surface area is 148 Å². The number of hydrogen-bond donors (Lipinski definition) is 0. The minimum Gasteiger partial charge on any atom is -0.0619 e. The normalized spacial score (nSPS) is 17.0. The fraction of sp³-hybridized carbons (Fsp3) is 0.160. The zero-order valence-electron chi connectivity index (χ0n) is 14.3. The average molecular weight is 319 g/mol. The number of benzene rings is 3. The highest BCUT2D eigenvalue weighted by Crippen LogP contribution is 2.52. The van der Waals surface area contributed by atoms with Crippen molar-refractivity contribution in [1.82, 2.24) is 0 Å². The molecule has 0 atom stereocenters. The van der Waals surface area contributed by atoms with Gasteiger partial charge >= 0.3 is 0 Å². The summed E-state index contributed by atoms with van der Waals surface area (Å²) >= 11 is 0. The van der Waals surface area contributed by atoms with Crippen LogP contribution in [0, 0.1) is 6.42 Å². The van der Waals surface area contributed by atoms with E-state index in [2.05, 4.69) is 74.0 Å². The Morgan fingerprint density at radius 3 is 2.12 bits per heavy atom. The maximum atomic E-state index is 2.40. The van der Waals surface area contributed by atoms with Crippen LogP contribution in [0.15, 0.2) is 66.2 Å². The van der Waals surface area contributed by atoms with Gasteiger partial charge in [0.1, 0.15) is 0 Å². The van der Waals surface area contributed by atoms with Gasteiger partial charge in [0.05, 0.1) is 0 Å². The molecule has 119 valence electrons. The molecule has 6 rings (SSSR count). The molecule has 3 aliphatic rings. The molecule has 3 aromatic rings. The number of hydrogen-bond acceptors (Lipinski definition) is 0. The summed E-state index contributed by atoms with van der Waals surface area (Å²) in [5.41, 5.74) is 14.9. The van der Waals surface area contributed by atoms with Gasteiger partial charge in [0, 0.05) is 12.3 Å². The lowest BCUT2D eigenvalue weighted by Gasteiger charge is -2.19. The molecule has 0 spiro atoms. The molecule has 0 aliphatic heterocycles. The maximum absolute atomic E-state index is 2.40. The van der Waals surface area contributed by atoms with Crippen molar-refractivity contribution in [1.29, 1.82) is 0 Å². The molecule has 0 aromatic heterocycles.